The first kappa shape index (κ1) is 24.1. The third-order valence-corrected chi connectivity index (χ3v) is 6.08. The number of nitrogens with zero attached hydrogens (tertiary/aromatic N) is 1. The van der Waals surface area contributed by atoms with Crippen LogP contribution in [0.15, 0.2) is 59.0 Å². The fourth-order valence-electron chi connectivity index (χ4n) is 2.85. The van der Waals surface area contributed by atoms with E-state index in [0.29, 0.717) is 23.7 Å². The van der Waals surface area contributed by atoms with Gasteiger partial charge in [0.25, 0.3) is 5.91 Å². The van der Waals surface area contributed by atoms with E-state index < -0.39 is 13.5 Å². The van der Waals surface area contributed by atoms with Crippen LogP contribution in [0.1, 0.15) is 37.0 Å². The van der Waals surface area contributed by atoms with Crippen LogP contribution < -0.4 is 20.1 Å². The van der Waals surface area contributed by atoms with Gasteiger partial charge in [0.1, 0.15) is 17.3 Å². The minimum Gasteiger partial charge on any atom is -0.493 e. The monoisotopic (exact) mass is 476 g/mol. The average molecular weight is 476 g/mol. The molecule has 8 nitrogen and oxygen atoms in total. The summed E-state index contributed by atoms with van der Waals surface area (Å²) in [5.74, 6) is 0.734. The molecule has 1 amide bonds. The van der Waals surface area contributed by atoms with Gasteiger partial charge in [-0.3, -0.25) is 9.36 Å². The lowest BCUT2D eigenvalue weighted by molar-refractivity contribution is 0.102. The molecular weight excluding hydrogens is 451 g/mol. The highest BCUT2D eigenvalue weighted by Gasteiger charge is 2.18. The van der Waals surface area contributed by atoms with Crippen molar-refractivity contribution in [3.63, 3.8) is 0 Å². The van der Waals surface area contributed by atoms with Crippen LogP contribution >= 0.6 is 19.4 Å². The molecule has 0 bridgehead atoms. The Morgan fingerprint density at radius 3 is 2.66 bits per heavy atom. The number of rotatable bonds is 9. The zero-order valence-electron chi connectivity index (χ0n) is 17.7. The van der Waals surface area contributed by atoms with Crippen molar-refractivity contribution < 1.29 is 28.6 Å². The molecule has 32 heavy (non-hydrogen) atoms. The van der Waals surface area contributed by atoms with Crippen molar-refractivity contribution in [2.24, 2.45) is 0 Å². The maximum absolute atomic E-state index is 12.8. The number of aromatic nitrogens is 1. The minimum absolute atomic E-state index is 0.0840. The second kappa shape index (κ2) is 10.8. The Hall–Kier alpha value is -2.58. The van der Waals surface area contributed by atoms with Gasteiger partial charge in [-0.1, -0.05) is 11.6 Å². The maximum atomic E-state index is 12.8. The van der Waals surface area contributed by atoms with Gasteiger partial charge >= 0.3 is 7.60 Å². The molecule has 0 radical (unpaired) electrons. The van der Waals surface area contributed by atoms with Crippen molar-refractivity contribution >= 4 is 36.4 Å². The summed E-state index contributed by atoms with van der Waals surface area (Å²) in [6, 6.07) is 7.54. The third kappa shape index (κ3) is 7.24. The number of thioether (sulfide) groups is 1. The lowest BCUT2D eigenvalue weighted by Gasteiger charge is -2.15. The van der Waals surface area contributed by atoms with Crippen LogP contribution in [0.5, 0.6) is 11.5 Å². The van der Waals surface area contributed by atoms with Crippen molar-refractivity contribution in [1.29, 1.82) is 0 Å². The van der Waals surface area contributed by atoms with Gasteiger partial charge in [0.2, 0.25) is 0 Å². The molecule has 0 atom stereocenters. The van der Waals surface area contributed by atoms with Gasteiger partial charge < -0.3 is 24.6 Å². The molecule has 3 N–H and O–H groups in total. The number of nitrogens with one attached hydrogen (secondary N) is 1. The zero-order chi connectivity index (χ0) is 23.1. The number of hydrogen-bond acceptors (Lipinski definition) is 6. The maximum Gasteiger partial charge on any atom is 0.357 e. The largest absolute Gasteiger partial charge is 0.493 e. The molecule has 1 aliphatic heterocycles. The number of carbonyl (C=O) groups excluding carboxylic acids is 1. The predicted molar refractivity (Wildman–Crippen MR) is 126 cm³/mol. The molecular formula is C22H25N2O6PS. The van der Waals surface area contributed by atoms with E-state index in [1.165, 1.54) is 17.7 Å². The van der Waals surface area contributed by atoms with Crippen LogP contribution in [0.4, 0.5) is 5.82 Å². The average Bonchev–Trinajstić information content (AvgIpc) is 2.73. The molecule has 10 heteroatoms. The molecule has 1 aromatic heterocycles. The molecule has 0 fully saturated rings. The van der Waals surface area contributed by atoms with Gasteiger partial charge in [-0.05, 0) is 55.3 Å². The topological polar surface area (TPSA) is 118 Å². The second-order valence-corrected chi connectivity index (χ2v) is 9.73. The standard InChI is InChI=1S/C22H25N2O6PS/c1-15(2)30-19-11-17(10-18(12-19)29-8-7-16-4-3-9-32-14-16)22(25)24-21-6-5-20(13-23-21)31(26,27)28/h3,5-6,9-15H,4,7-8H2,1-2H3,(H,23,24,25)(H2,26,27,28). The van der Waals surface area contributed by atoms with Crippen molar-refractivity contribution in [2.75, 3.05) is 11.9 Å². The Kier molecular flexibility index (Phi) is 8.15. The van der Waals surface area contributed by atoms with E-state index in [0.717, 1.165) is 19.0 Å². The SMILES string of the molecule is CC(C)Oc1cc(OCCC2=CSC=CC2)cc(C(=O)Nc2ccc(P(=O)(O)O)cn2)c1. The van der Waals surface area contributed by atoms with Crippen LogP contribution in [0.3, 0.4) is 0 Å². The fraction of sp³-hybridized carbons (Fsp3) is 0.273. The van der Waals surface area contributed by atoms with Gasteiger partial charge in [-0.25, -0.2) is 4.98 Å². The molecule has 3 rings (SSSR count). The first-order valence-electron chi connectivity index (χ1n) is 9.97. The summed E-state index contributed by atoms with van der Waals surface area (Å²) in [5.41, 5.74) is 1.60. The lowest BCUT2D eigenvalue weighted by Crippen LogP contribution is -2.15. The van der Waals surface area contributed by atoms with Crippen LogP contribution in [-0.2, 0) is 4.57 Å². The second-order valence-electron chi connectivity index (χ2n) is 7.35. The molecule has 0 unspecified atom stereocenters. The summed E-state index contributed by atoms with van der Waals surface area (Å²) in [6.45, 7) is 4.25. The van der Waals surface area contributed by atoms with Crippen molar-refractivity contribution in [3.05, 3.63) is 64.6 Å². The van der Waals surface area contributed by atoms with Crippen LogP contribution in [0.2, 0.25) is 0 Å². The Bertz CT molecular complexity index is 1060. The normalized spacial score (nSPS) is 13.6. The number of anilines is 1. The van der Waals surface area contributed by atoms with Crippen LogP contribution in [0.25, 0.3) is 0 Å². The molecule has 0 spiro atoms. The third-order valence-electron chi connectivity index (χ3n) is 4.32. The summed E-state index contributed by atoms with van der Waals surface area (Å²) < 4.78 is 22.9. The van der Waals surface area contributed by atoms with E-state index in [2.05, 4.69) is 27.2 Å². The Balaban J connectivity index is 1.71. The van der Waals surface area contributed by atoms with Crippen LogP contribution in [-0.4, -0.2) is 33.4 Å². The van der Waals surface area contributed by atoms with Gasteiger partial charge in [0, 0.05) is 24.2 Å². The van der Waals surface area contributed by atoms with E-state index >= 15 is 0 Å². The minimum atomic E-state index is -4.40. The highest BCUT2D eigenvalue weighted by Crippen LogP contribution is 2.32. The van der Waals surface area contributed by atoms with Crippen LogP contribution in [0, 0.1) is 0 Å². The summed E-state index contributed by atoms with van der Waals surface area (Å²) in [4.78, 5) is 35.0. The highest BCUT2D eigenvalue weighted by atomic mass is 32.2. The molecule has 1 aromatic carbocycles. The quantitative estimate of drug-likeness (QED) is 0.460. The predicted octanol–water partition coefficient (Wildman–Crippen LogP) is 4.23. The van der Waals surface area contributed by atoms with Crippen molar-refractivity contribution in [1.82, 2.24) is 4.98 Å². The molecule has 0 aliphatic carbocycles. The Morgan fingerprint density at radius 2 is 2.03 bits per heavy atom. The molecule has 0 saturated carbocycles. The summed E-state index contributed by atoms with van der Waals surface area (Å²) in [7, 11) is -4.40. The summed E-state index contributed by atoms with van der Waals surface area (Å²) in [5, 5.41) is 6.57. The number of benzene rings is 1. The zero-order valence-corrected chi connectivity index (χ0v) is 19.4. The number of carbonyl (C=O) groups is 1. The number of allylic oxidation sites excluding steroid dienone is 1. The van der Waals surface area contributed by atoms with E-state index in [4.69, 9.17) is 9.47 Å². The number of amides is 1. The first-order valence-corrected chi connectivity index (χ1v) is 12.5. The van der Waals surface area contributed by atoms with Gasteiger partial charge in [0.05, 0.1) is 18.0 Å². The van der Waals surface area contributed by atoms with E-state index in [1.54, 1.807) is 30.0 Å². The van der Waals surface area contributed by atoms with Gasteiger partial charge in [-0.2, -0.15) is 0 Å². The number of hydrogen-bond donors (Lipinski definition) is 3. The molecule has 1 aliphatic rings. The van der Waals surface area contributed by atoms with Crippen molar-refractivity contribution in [3.8, 4) is 11.5 Å². The Labute approximate surface area is 190 Å². The molecule has 170 valence electrons. The smallest absolute Gasteiger partial charge is 0.357 e. The lowest BCUT2D eigenvalue weighted by atomic mass is 10.1. The molecule has 2 aromatic rings. The van der Waals surface area contributed by atoms with E-state index in [9.17, 15) is 19.1 Å². The molecule has 0 saturated heterocycles. The van der Waals surface area contributed by atoms with E-state index in [-0.39, 0.29) is 17.2 Å². The Morgan fingerprint density at radius 1 is 1.25 bits per heavy atom. The van der Waals surface area contributed by atoms with Gasteiger partial charge in [0.15, 0.2) is 0 Å². The fourth-order valence-corrected chi connectivity index (χ4v) is 4.02. The van der Waals surface area contributed by atoms with Crippen molar-refractivity contribution in [2.45, 2.75) is 32.8 Å². The summed E-state index contributed by atoms with van der Waals surface area (Å²) in [6.07, 6.45) is 4.76. The van der Waals surface area contributed by atoms with Gasteiger partial charge in [-0.15, -0.1) is 11.8 Å². The van der Waals surface area contributed by atoms with E-state index in [1.807, 2.05) is 13.8 Å². The number of pyridine rings is 1. The number of ether oxygens (including phenoxy) is 2. The first-order chi connectivity index (χ1) is 15.2. The highest BCUT2D eigenvalue weighted by molar-refractivity contribution is 8.04. The summed E-state index contributed by atoms with van der Waals surface area (Å²) >= 11 is 1.65. The molecule has 2 heterocycles.